The molecule has 0 bridgehead atoms. The summed E-state index contributed by atoms with van der Waals surface area (Å²) in [7, 11) is 1.74. The van der Waals surface area contributed by atoms with Gasteiger partial charge in [-0.1, -0.05) is 42.5 Å². The number of fused-ring (bicyclic) bond motifs is 1. The minimum absolute atomic E-state index is 0.233. The van der Waals surface area contributed by atoms with Gasteiger partial charge < -0.3 is 9.64 Å². The fraction of sp³-hybridized carbons (Fsp3) is 0.476. The minimum atomic E-state index is 0.233. The molecule has 1 atom stereocenters. The lowest BCUT2D eigenvalue weighted by Crippen LogP contribution is -2.40. The van der Waals surface area contributed by atoms with Gasteiger partial charge in [0.1, 0.15) is 0 Å². The van der Waals surface area contributed by atoms with Crippen LogP contribution in [0.1, 0.15) is 18.9 Å². The Kier molecular flexibility index (Phi) is 6.05. The zero-order valence-corrected chi connectivity index (χ0v) is 15.3. The van der Waals surface area contributed by atoms with Gasteiger partial charge in [-0.25, -0.2) is 0 Å². The van der Waals surface area contributed by atoms with Gasteiger partial charge in [-0.2, -0.15) is 0 Å². The predicted octanol–water partition coefficient (Wildman–Crippen LogP) is 2.95. The Balaban J connectivity index is 1.60. The Morgan fingerprint density at radius 2 is 1.88 bits per heavy atom. The molecule has 4 nitrogen and oxygen atoms in total. The molecule has 134 valence electrons. The Bertz CT molecular complexity index is 716. The molecular formula is C21H28N2O2. The van der Waals surface area contributed by atoms with E-state index < -0.39 is 0 Å². The van der Waals surface area contributed by atoms with E-state index in [2.05, 4.69) is 42.2 Å². The molecule has 3 rings (SSSR count). The summed E-state index contributed by atoms with van der Waals surface area (Å²) >= 11 is 0. The predicted molar refractivity (Wildman–Crippen MR) is 102 cm³/mol. The van der Waals surface area contributed by atoms with Crippen molar-refractivity contribution >= 4 is 16.7 Å². The third-order valence-electron chi connectivity index (χ3n) is 5.08. The smallest absolute Gasteiger partial charge is 0.227 e. The van der Waals surface area contributed by atoms with Gasteiger partial charge in [-0.05, 0) is 29.7 Å². The molecule has 4 heteroatoms. The number of rotatable bonds is 5. The monoisotopic (exact) mass is 340 g/mol. The quantitative estimate of drug-likeness (QED) is 0.839. The lowest BCUT2D eigenvalue weighted by Gasteiger charge is -2.27. The fourth-order valence-electron chi connectivity index (χ4n) is 3.61. The summed E-state index contributed by atoms with van der Waals surface area (Å²) < 4.78 is 5.26. The number of hydrogen-bond acceptors (Lipinski definition) is 3. The lowest BCUT2D eigenvalue weighted by atomic mass is 10.0. The van der Waals surface area contributed by atoms with E-state index in [4.69, 9.17) is 4.74 Å². The topological polar surface area (TPSA) is 32.8 Å². The molecule has 1 saturated heterocycles. The number of amides is 1. The fourth-order valence-corrected chi connectivity index (χ4v) is 3.61. The number of hydrogen-bond donors (Lipinski definition) is 0. The van der Waals surface area contributed by atoms with E-state index in [0.29, 0.717) is 12.5 Å². The summed E-state index contributed by atoms with van der Waals surface area (Å²) in [4.78, 5) is 17.2. The van der Waals surface area contributed by atoms with Gasteiger partial charge in [0, 0.05) is 39.3 Å². The number of carbonyl (C=O) groups is 1. The van der Waals surface area contributed by atoms with Gasteiger partial charge >= 0.3 is 0 Å². The normalized spacial score (nSPS) is 17.4. The Morgan fingerprint density at radius 1 is 1.08 bits per heavy atom. The summed E-state index contributed by atoms with van der Waals surface area (Å²) in [6.07, 6.45) is 1.51. The standard InChI is InChI=1S/C21H28N2O2/c1-17(16-25-2)22-10-5-11-23(13-12-22)21(24)15-18-8-9-19-6-3-4-7-20(19)14-18/h3-4,6-9,14,17H,5,10-13,15-16H2,1-2H3. The highest BCUT2D eigenvalue weighted by Gasteiger charge is 2.22. The van der Waals surface area contributed by atoms with Gasteiger partial charge in [0.05, 0.1) is 13.0 Å². The van der Waals surface area contributed by atoms with E-state index in [1.54, 1.807) is 7.11 Å². The van der Waals surface area contributed by atoms with E-state index >= 15 is 0 Å². The molecule has 0 aromatic heterocycles. The van der Waals surface area contributed by atoms with Gasteiger partial charge in [-0.3, -0.25) is 9.69 Å². The molecule has 0 saturated carbocycles. The van der Waals surface area contributed by atoms with Crippen molar-refractivity contribution in [2.45, 2.75) is 25.8 Å². The second-order valence-corrected chi connectivity index (χ2v) is 6.93. The molecule has 1 aliphatic heterocycles. The van der Waals surface area contributed by atoms with Crippen molar-refractivity contribution in [1.82, 2.24) is 9.80 Å². The van der Waals surface area contributed by atoms with E-state index in [1.165, 1.54) is 10.8 Å². The molecular weight excluding hydrogens is 312 g/mol. The van der Waals surface area contributed by atoms with Crippen molar-refractivity contribution in [3.8, 4) is 0 Å². The maximum absolute atomic E-state index is 12.7. The molecule has 0 N–H and O–H groups in total. The highest BCUT2D eigenvalue weighted by Crippen LogP contribution is 2.17. The summed E-state index contributed by atoms with van der Waals surface area (Å²) in [5, 5.41) is 2.42. The summed E-state index contributed by atoms with van der Waals surface area (Å²) in [6, 6.07) is 15.0. The molecule has 1 heterocycles. The highest BCUT2D eigenvalue weighted by molar-refractivity contribution is 5.85. The molecule has 25 heavy (non-hydrogen) atoms. The zero-order chi connectivity index (χ0) is 17.6. The van der Waals surface area contributed by atoms with Crippen LogP contribution in [0.15, 0.2) is 42.5 Å². The van der Waals surface area contributed by atoms with Crippen LogP contribution in [0.4, 0.5) is 0 Å². The SMILES string of the molecule is COCC(C)N1CCCN(C(=O)Cc2ccc3ccccc3c2)CC1. The summed E-state index contributed by atoms with van der Waals surface area (Å²) in [6.45, 7) is 6.54. The molecule has 2 aromatic carbocycles. The zero-order valence-electron chi connectivity index (χ0n) is 15.3. The van der Waals surface area contributed by atoms with Gasteiger partial charge in [-0.15, -0.1) is 0 Å². The third kappa shape index (κ3) is 4.59. The molecule has 0 aliphatic carbocycles. The van der Waals surface area contributed by atoms with Crippen molar-refractivity contribution in [2.75, 3.05) is 39.9 Å². The Morgan fingerprint density at radius 3 is 2.68 bits per heavy atom. The Labute approximate surface area is 150 Å². The largest absolute Gasteiger partial charge is 0.383 e. The van der Waals surface area contributed by atoms with E-state index in [9.17, 15) is 4.79 Å². The number of carbonyl (C=O) groups excluding carboxylic acids is 1. The third-order valence-corrected chi connectivity index (χ3v) is 5.08. The first kappa shape index (κ1) is 17.9. The minimum Gasteiger partial charge on any atom is -0.383 e. The van der Waals surface area contributed by atoms with Crippen LogP contribution >= 0.6 is 0 Å². The maximum atomic E-state index is 12.7. The van der Waals surface area contributed by atoms with Gasteiger partial charge in [0.15, 0.2) is 0 Å². The van der Waals surface area contributed by atoms with Crippen molar-refractivity contribution in [3.63, 3.8) is 0 Å². The first-order chi connectivity index (χ1) is 12.2. The van der Waals surface area contributed by atoms with E-state index in [0.717, 1.165) is 44.8 Å². The average molecular weight is 340 g/mol. The maximum Gasteiger partial charge on any atom is 0.227 e. The molecule has 2 aromatic rings. The molecule has 1 unspecified atom stereocenters. The lowest BCUT2D eigenvalue weighted by molar-refractivity contribution is -0.130. The van der Waals surface area contributed by atoms with Crippen LogP contribution in [-0.2, 0) is 16.0 Å². The van der Waals surface area contributed by atoms with Crippen molar-refractivity contribution in [1.29, 1.82) is 0 Å². The Hall–Kier alpha value is -1.91. The molecule has 0 spiro atoms. The van der Waals surface area contributed by atoms with E-state index in [-0.39, 0.29) is 5.91 Å². The second kappa shape index (κ2) is 8.45. The van der Waals surface area contributed by atoms with Gasteiger partial charge in [0.2, 0.25) is 5.91 Å². The molecule has 0 radical (unpaired) electrons. The molecule has 1 aliphatic rings. The van der Waals surface area contributed by atoms with Crippen molar-refractivity contribution < 1.29 is 9.53 Å². The second-order valence-electron chi connectivity index (χ2n) is 6.93. The van der Waals surface area contributed by atoms with Crippen LogP contribution in [0.2, 0.25) is 0 Å². The average Bonchev–Trinajstić information content (AvgIpc) is 2.88. The first-order valence-corrected chi connectivity index (χ1v) is 9.16. The molecule has 1 amide bonds. The van der Waals surface area contributed by atoms with Crippen molar-refractivity contribution in [3.05, 3.63) is 48.0 Å². The van der Waals surface area contributed by atoms with Gasteiger partial charge in [0.25, 0.3) is 0 Å². The number of benzene rings is 2. The van der Waals surface area contributed by atoms with Crippen LogP contribution in [-0.4, -0.2) is 61.6 Å². The van der Waals surface area contributed by atoms with Crippen LogP contribution < -0.4 is 0 Å². The van der Waals surface area contributed by atoms with E-state index in [1.807, 2.05) is 17.0 Å². The number of ether oxygens (including phenoxy) is 1. The summed E-state index contributed by atoms with van der Waals surface area (Å²) in [5.74, 6) is 0.233. The summed E-state index contributed by atoms with van der Waals surface area (Å²) in [5.41, 5.74) is 1.09. The number of methoxy groups -OCH3 is 1. The first-order valence-electron chi connectivity index (χ1n) is 9.16. The molecule has 1 fully saturated rings. The number of nitrogens with zero attached hydrogens (tertiary/aromatic N) is 2. The van der Waals surface area contributed by atoms with Crippen LogP contribution in [0.25, 0.3) is 10.8 Å². The van der Waals surface area contributed by atoms with Crippen LogP contribution in [0.3, 0.4) is 0 Å². The van der Waals surface area contributed by atoms with Crippen LogP contribution in [0, 0.1) is 0 Å². The van der Waals surface area contributed by atoms with Crippen LogP contribution in [0.5, 0.6) is 0 Å². The van der Waals surface area contributed by atoms with Crippen molar-refractivity contribution in [2.24, 2.45) is 0 Å². The highest BCUT2D eigenvalue weighted by atomic mass is 16.5.